The molecule has 5 heteroatoms. The fourth-order valence-corrected chi connectivity index (χ4v) is 2.71. The van der Waals surface area contributed by atoms with E-state index < -0.39 is 0 Å². The van der Waals surface area contributed by atoms with E-state index in [2.05, 4.69) is 10.3 Å². The summed E-state index contributed by atoms with van der Waals surface area (Å²) >= 11 is 0. The quantitative estimate of drug-likeness (QED) is 0.375. The fourth-order valence-electron chi connectivity index (χ4n) is 2.71. The zero-order chi connectivity index (χ0) is 20.6. The molecule has 0 aliphatic carbocycles. The molecular weight excluding hydrogens is 360 g/mol. The van der Waals surface area contributed by atoms with E-state index in [0.29, 0.717) is 17.2 Å². The van der Waals surface area contributed by atoms with Gasteiger partial charge < -0.3 is 16.0 Å². The third kappa shape index (κ3) is 5.81. The Balaban J connectivity index is 1.69. The van der Waals surface area contributed by atoms with Gasteiger partial charge in [-0.2, -0.15) is 0 Å². The Labute approximate surface area is 171 Å². The van der Waals surface area contributed by atoms with Crippen LogP contribution in [0.2, 0.25) is 0 Å². The molecule has 0 unspecified atom stereocenters. The van der Waals surface area contributed by atoms with E-state index in [0.717, 1.165) is 16.8 Å². The smallest absolute Gasteiger partial charge is 0.248 e. The second-order valence-electron chi connectivity index (χ2n) is 6.72. The highest BCUT2D eigenvalue weighted by Crippen LogP contribution is 2.19. The largest absolute Gasteiger partial charge is 0.383 e. The van der Waals surface area contributed by atoms with Crippen LogP contribution < -0.4 is 16.0 Å². The van der Waals surface area contributed by atoms with Gasteiger partial charge in [0.05, 0.1) is 5.69 Å². The molecule has 0 aromatic heterocycles. The number of nitrogens with one attached hydrogen (secondary N) is 1. The van der Waals surface area contributed by atoms with Crippen molar-refractivity contribution in [2.24, 2.45) is 10.7 Å². The van der Waals surface area contributed by atoms with Crippen molar-refractivity contribution in [1.29, 1.82) is 0 Å². The van der Waals surface area contributed by atoms with Crippen LogP contribution in [0.25, 0.3) is 6.08 Å². The van der Waals surface area contributed by atoms with Gasteiger partial charge in [-0.3, -0.25) is 4.79 Å². The maximum Gasteiger partial charge on any atom is 0.248 e. The zero-order valence-corrected chi connectivity index (χ0v) is 16.5. The molecule has 0 radical (unpaired) electrons. The van der Waals surface area contributed by atoms with E-state index in [-0.39, 0.29) is 5.91 Å². The van der Waals surface area contributed by atoms with Crippen LogP contribution in [-0.2, 0) is 4.79 Å². The second kappa shape index (κ2) is 9.37. The molecular formula is C24H24N4O. The number of nitrogens with zero attached hydrogens (tertiary/aromatic N) is 2. The van der Waals surface area contributed by atoms with Crippen LogP contribution in [0.3, 0.4) is 0 Å². The van der Waals surface area contributed by atoms with Crippen LogP contribution in [0.4, 0.5) is 17.1 Å². The summed E-state index contributed by atoms with van der Waals surface area (Å²) in [5.74, 6) is 0.213. The Morgan fingerprint density at radius 2 is 1.69 bits per heavy atom. The zero-order valence-electron chi connectivity index (χ0n) is 16.5. The summed E-state index contributed by atoms with van der Waals surface area (Å²) in [5.41, 5.74) is 10.4. The lowest BCUT2D eigenvalue weighted by atomic mass is 10.2. The minimum absolute atomic E-state index is 0.206. The lowest BCUT2D eigenvalue weighted by molar-refractivity contribution is -0.111. The number of hydrogen-bond donors (Lipinski definition) is 2. The summed E-state index contributed by atoms with van der Waals surface area (Å²) < 4.78 is 0. The van der Waals surface area contributed by atoms with E-state index in [4.69, 9.17) is 5.73 Å². The third-order valence-electron chi connectivity index (χ3n) is 4.27. The topological polar surface area (TPSA) is 70.7 Å². The lowest BCUT2D eigenvalue weighted by Gasteiger charge is -2.12. The average molecular weight is 384 g/mol. The Morgan fingerprint density at radius 3 is 2.38 bits per heavy atom. The van der Waals surface area contributed by atoms with Crippen LogP contribution in [0.5, 0.6) is 0 Å². The van der Waals surface area contributed by atoms with E-state index in [1.54, 1.807) is 12.1 Å². The maximum atomic E-state index is 12.2. The minimum atomic E-state index is -0.206. The molecule has 0 aliphatic heterocycles. The summed E-state index contributed by atoms with van der Waals surface area (Å²) in [7, 11) is 3.97. The van der Waals surface area contributed by atoms with Gasteiger partial charge in [-0.1, -0.05) is 36.4 Å². The fraction of sp³-hybridized carbons (Fsp3) is 0.0833. The minimum Gasteiger partial charge on any atom is -0.383 e. The van der Waals surface area contributed by atoms with Crippen molar-refractivity contribution in [2.75, 3.05) is 24.3 Å². The molecule has 0 aliphatic rings. The van der Waals surface area contributed by atoms with E-state index in [9.17, 15) is 4.79 Å². The molecule has 146 valence electrons. The number of benzene rings is 3. The first-order valence-electron chi connectivity index (χ1n) is 9.27. The lowest BCUT2D eigenvalue weighted by Crippen LogP contribution is -2.14. The molecule has 3 N–H and O–H groups in total. The highest BCUT2D eigenvalue weighted by Gasteiger charge is 2.03. The predicted molar refractivity (Wildman–Crippen MR) is 122 cm³/mol. The molecule has 3 rings (SSSR count). The van der Waals surface area contributed by atoms with Crippen molar-refractivity contribution < 1.29 is 4.79 Å². The van der Waals surface area contributed by atoms with Gasteiger partial charge in [0.15, 0.2) is 0 Å². The summed E-state index contributed by atoms with van der Waals surface area (Å²) in [4.78, 5) is 18.7. The van der Waals surface area contributed by atoms with E-state index in [1.807, 2.05) is 91.8 Å². The normalized spacial score (nSPS) is 11.4. The first kappa shape index (κ1) is 19.9. The predicted octanol–water partition coefficient (Wildman–Crippen LogP) is 4.44. The Morgan fingerprint density at radius 1 is 0.966 bits per heavy atom. The number of amidine groups is 1. The van der Waals surface area contributed by atoms with Gasteiger partial charge in [0.25, 0.3) is 0 Å². The molecule has 1 amide bonds. The number of carbonyl (C=O) groups is 1. The van der Waals surface area contributed by atoms with Crippen LogP contribution in [-0.4, -0.2) is 25.8 Å². The van der Waals surface area contributed by atoms with Crippen molar-refractivity contribution in [3.63, 3.8) is 0 Å². The van der Waals surface area contributed by atoms with E-state index >= 15 is 0 Å². The molecule has 3 aromatic carbocycles. The number of rotatable bonds is 6. The Hall–Kier alpha value is -3.86. The summed E-state index contributed by atoms with van der Waals surface area (Å²) in [6, 6.07) is 24.8. The van der Waals surface area contributed by atoms with Crippen molar-refractivity contribution in [1.82, 2.24) is 0 Å². The van der Waals surface area contributed by atoms with Gasteiger partial charge in [0, 0.05) is 37.1 Å². The van der Waals surface area contributed by atoms with Crippen LogP contribution in [0.1, 0.15) is 11.1 Å². The Kier molecular flexibility index (Phi) is 6.43. The molecule has 0 saturated carbocycles. The maximum absolute atomic E-state index is 12.2. The van der Waals surface area contributed by atoms with Crippen molar-refractivity contribution in [3.8, 4) is 0 Å². The molecule has 0 heterocycles. The number of nitrogens with two attached hydrogens (primary N) is 1. The van der Waals surface area contributed by atoms with Crippen LogP contribution in [0, 0.1) is 0 Å². The van der Waals surface area contributed by atoms with Gasteiger partial charge in [-0.25, -0.2) is 4.99 Å². The summed E-state index contributed by atoms with van der Waals surface area (Å²) in [6.07, 6.45) is 3.28. The third-order valence-corrected chi connectivity index (χ3v) is 4.27. The van der Waals surface area contributed by atoms with Crippen molar-refractivity contribution in [3.05, 3.63) is 96.1 Å². The van der Waals surface area contributed by atoms with Gasteiger partial charge >= 0.3 is 0 Å². The highest BCUT2D eigenvalue weighted by molar-refractivity contribution is 6.02. The SMILES string of the molecule is CN(C)c1ccc(C(N)=Nc2cccc(NC(=O)/C=C/c3ccccc3)c2)cc1. The number of anilines is 2. The molecule has 0 spiro atoms. The van der Waals surface area contributed by atoms with Gasteiger partial charge in [-0.05, 0) is 54.1 Å². The van der Waals surface area contributed by atoms with Gasteiger partial charge in [-0.15, -0.1) is 0 Å². The molecule has 29 heavy (non-hydrogen) atoms. The van der Waals surface area contributed by atoms with Gasteiger partial charge in [0.2, 0.25) is 5.91 Å². The molecule has 0 fully saturated rings. The molecule has 3 aromatic rings. The number of amides is 1. The second-order valence-corrected chi connectivity index (χ2v) is 6.72. The summed E-state index contributed by atoms with van der Waals surface area (Å²) in [6.45, 7) is 0. The van der Waals surface area contributed by atoms with Crippen LogP contribution in [0.15, 0.2) is 89.9 Å². The van der Waals surface area contributed by atoms with Crippen molar-refractivity contribution >= 4 is 34.9 Å². The van der Waals surface area contributed by atoms with Gasteiger partial charge in [0.1, 0.15) is 5.84 Å². The number of hydrogen-bond acceptors (Lipinski definition) is 3. The first-order chi connectivity index (χ1) is 14.0. The highest BCUT2D eigenvalue weighted by atomic mass is 16.1. The standard InChI is InChI=1S/C24H24N4O/c1-28(2)22-14-12-19(13-15-22)24(25)27-21-10-6-9-20(17-21)26-23(29)16-11-18-7-4-3-5-8-18/h3-17H,1-2H3,(H2,25,27)(H,26,29)/b16-11+. The molecule has 0 atom stereocenters. The van der Waals surface area contributed by atoms with E-state index in [1.165, 1.54) is 6.08 Å². The monoisotopic (exact) mass is 384 g/mol. The summed E-state index contributed by atoms with van der Waals surface area (Å²) in [5, 5.41) is 2.84. The molecule has 0 bridgehead atoms. The number of aliphatic imine (C=N–C) groups is 1. The number of carbonyl (C=O) groups excluding carboxylic acids is 1. The molecule has 0 saturated heterocycles. The van der Waals surface area contributed by atoms with Crippen molar-refractivity contribution in [2.45, 2.75) is 0 Å². The molecule has 5 nitrogen and oxygen atoms in total. The van der Waals surface area contributed by atoms with Crippen LogP contribution >= 0.6 is 0 Å². The average Bonchev–Trinajstić information content (AvgIpc) is 2.73. The first-order valence-corrected chi connectivity index (χ1v) is 9.27. The Bertz CT molecular complexity index is 1020.